The zero-order valence-electron chi connectivity index (χ0n) is 26.7. The summed E-state index contributed by atoms with van der Waals surface area (Å²) in [4.78, 5) is 13.6. The Morgan fingerprint density at radius 1 is 1.14 bits per heavy atom. The minimum atomic E-state index is -0.217. The molecule has 1 saturated heterocycles. The summed E-state index contributed by atoms with van der Waals surface area (Å²) in [5.41, 5.74) is 7.03. The summed E-state index contributed by atoms with van der Waals surface area (Å²) in [5, 5.41) is 11.6. The highest BCUT2D eigenvalue weighted by atomic mass is 16.7. The quantitative estimate of drug-likeness (QED) is 0.130. The molecule has 4 aliphatic heterocycles. The molecule has 5 rings (SSSR count). The molecule has 7 heteroatoms. The number of hydrogen-bond donors (Lipinski definition) is 1. The van der Waals surface area contributed by atoms with Crippen LogP contribution >= 0.6 is 0 Å². The summed E-state index contributed by atoms with van der Waals surface area (Å²) in [5.74, 6) is 0.721. The van der Waals surface area contributed by atoms with E-state index in [1.165, 1.54) is 42.4 Å². The molecular weight excluding hydrogens is 540 g/mol. The van der Waals surface area contributed by atoms with E-state index < -0.39 is 0 Å². The first-order chi connectivity index (χ1) is 20.8. The van der Waals surface area contributed by atoms with Crippen molar-refractivity contribution in [1.29, 1.82) is 0 Å². The van der Waals surface area contributed by atoms with E-state index >= 15 is 0 Å². The zero-order valence-corrected chi connectivity index (χ0v) is 26.7. The third kappa shape index (κ3) is 7.09. The number of anilines is 1. The molecule has 0 saturated carbocycles. The number of rotatable bonds is 11. The number of carbonyl (C=O) groups excluding carboxylic acids is 1. The average Bonchev–Trinajstić information content (AvgIpc) is 3.61. The van der Waals surface area contributed by atoms with Crippen LogP contribution in [0.1, 0.15) is 91.0 Å². The normalized spacial score (nSPS) is 26.6. The molecular formula is C36H51N2O5+. The number of aliphatic hydroxyl groups is 1. The Morgan fingerprint density at radius 3 is 2.70 bits per heavy atom. The molecule has 0 aromatic heterocycles. The topological polar surface area (TPSA) is 71.2 Å². The Balaban J connectivity index is 1.45. The van der Waals surface area contributed by atoms with Gasteiger partial charge in [-0.25, -0.2) is 4.58 Å². The number of ether oxygens (including phenoxy) is 3. The van der Waals surface area contributed by atoms with Gasteiger partial charge in [-0.3, -0.25) is 4.79 Å². The molecule has 4 heterocycles. The third-order valence-electron chi connectivity index (χ3n) is 9.74. The maximum absolute atomic E-state index is 11.6. The summed E-state index contributed by atoms with van der Waals surface area (Å²) in [7, 11) is 0. The standard InChI is InChI=1S/C36H50N2O5/c1-26-12-10-20-37-21-11-13-29(34(26)37)35(40)27(2)16-17-32-36(4,19-8-5-9-23-41-28(3)39)30-14-6-7-15-31(30)38(32)22-18-33-42-24-25-43-33/h6-7,14-17,26,33H,5,8-13,18-25H2,1-4H3/p+1. The summed E-state index contributed by atoms with van der Waals surface area (Å²) in [6.45, 7) is 12.9. The first-order valence-electron chi connectivity index (χ1n) is 16.5. The molecule has 0 radical (unpaired) electrons. The Hall–Kier alpha value is -2.90. The van der Waals surface area contributed by atoms with Gasteiger partial charge in [-0.15, -0.1) is 0 Å². The van der Waals surface area contributed by atoms with E-state index in [9.17, 15) is 9.90 Å². The fourth-order valence-electron chi connectivity index (χ4n) is 7.51. The number of fused-ring (bicyclic) bond motifs is 1. The van der Waals surface area contributed by atoms with Crippen molar-refractivity contribution < 1.29 is 28.7 Å². The SMILES string of the molecule is CC(=O)OCCCCCC1(C)C(=CC=C(C)C(O)=C2CCC[N+]3=C2C(C)CCC3)N(CCC2OCCO2)c2ccccc21. The minimum Gasteiger partial charge on any atom is -0.507 e. The zero-order chi connectivity index (χ0) is 30.4. The Kier molecular flexibility index (Phi) is 10.5. The minimum absolute atomic E-state index is 0.170. The van der Waals surface area contributed by atoms with Gasteiger partial charge in [-0.05, 0) is 62.8 Å². The lowest BCUT2D eigenvalue weighted by Gasteiger charge is -2.31. The summed E-state index contributed by atoms with van der Waals surface area (Å²) >= 11 is 0. The van der Waals surface area contributed by atoms with Gasteiger partial charge in [0, 0.05) is 55.4 Å². The van der Waals surface area contributed by atoms with Gasteiger partial charge in [-0.2, -0.15) is 0 Å². The number of aliphatic hydroxyl groups excluding tert-OH is 1. The van der Waals surface area contributed by atoms with Crippen LogP contribution in [0.3, 0.4) is 0 Å². The van der Waals surface area contributed by atoms with Crippen LogP contribution in [0.25, 0.3) is 0 Å². The molecule has 2 atom stereocenters. The van der Waals surface area contributed by atoms with Crippen LogP contribution in [0.5, 0.6) is 0 Å². The third-order valence-corrected chi connectivity index (χ3v) is 9.74. The molecule has 2 unspecified atom stereocenters. The molecule has 0 bridgehead atoms. The van der Waals surface area contributed by atoms with Crippen molar-refractivity contribution >= 4 is 17.4 Å². The number of hydrogen-bond acceptors (Lipinski definition) is 6. The first-order valence-corrected chi connectivity index (χ1v) is 16.5. The largest absolute Gasteiger partial charge is 0.507 e. The van der Waals surface area contributed by atoms with Crippen LogP contribution in [-0.4, -0.2) is 67.1 Å². The molecule has 4 aliphatic rings. The van der Waals surface area contributed by atoms with Gasteiger partial charge in [0.1, 0.15) is 18.8 Å². The number of esters is 1. The Labute approximate surface area is 257 Å². The smallest absolute Gasteiger partial charge is 0.302 e. The molecule has 0 aliphatic carbocycles. The van der Waals surface area contributed by atoms with Crippen molar-refractivity contribution in [3.05, 3.63) is 64.6 Å². The van der Waals surface area contributed by atoms with Crippen LogP contribution < -0.4 is 4.90 Å². The molecule has 43 heavy (non-hydrogen) atoms. The molecule has 1 aromatic carbocycles. The molecule has 7 nitrogen and oxygen atoms in total. The molecule has 1 aromatic rings. The van der Waals surface area contributed by atoms with Crippen LogP contribution in [-0.2, 0) is 24.4 Å². The van der Waals surface area contributed by atoms with Crippen molar-refractivity contribution in [1.82, 2.24) is 0 Å². The number of para-hydroxylation sites is 1. The molecule has 0 amide bonds. The fraction of sp³-hybridized carbons (Fsp3) is 0.611. The number of nitrogens with zero attached hydrogens (tertiary/aromatic N) is 2. The lowest BCUT2D eigenvalue weighted by atomic mass is 9.77. The predicted molar refractivity (Wildman–Crippen MR) is 171 cm³/mol. The monoisotopic (exact) mass is 591 g/mol. The van der Waals surface area contributed by atoms with Crippen molar-refractivity contribution in [2.45, 2.75) is 97.2 Å². The number of carbonyl (C=O) groups is 1. The van der Waals surface area contributed by atoms with E-state index in [1.54, 1.807) is 0 Å². The van der Waals surface area contributed by atoms with Gasteiger partial charge in [-0.1, -0.05) is 44.0 Å². The van der Waals surface area contributed by atoms with Gasteiger partial charge in [0.15, 0.2) is 12.0 Å². The van der Waals surface area contributed by atoms with Crippen molar-refractivity contribution in [3.63, 3.8) is 0 Å². The lowest BCUT2D eigenvalue weighted by Crippen LogP contribution is -2.38. The fourth-order valence-corrected chi connectivity index (χ4v) is 7.51. The van der Waals surface area contributed by atoms with E-state index in [0.29, 0.717) is 31.5 Å². The van der Waals surface area contributed by atoms with E-state index in [1.807, 2.05) is 6.92 Å². The average molecular weight is 592 g/mol. The van der Waals surface area contributed by atoms with Gasteiger partial charge in [0.25, 0.3) is 0 Å². The van der Waals surface area contributed by atoms with Gasteiger partial charge in [0.2, 0.25) is 0 Å². The van der Waals surface area contributed by atoms with Gasteiger partial charge >= 0.3 is 5.97 Å². The van der Waals surface area contributed by atoms with E-state index in [0.717, 1.165) is 75.7 Å². The molecule has 234 valence electrons. The van der Waals surface area contributed by atoms with Crippen molar-refractivity contribution in [2.24, 2.45) is 5.92 Å². The van der Waals surface area contributed by atoms with Gasteiger partial charge in [0.05, 0.1) is 25.4 Å². The first kappa shape index (κ1) is 31.5. The molecule has 1 fully saturated rings. The lowest BCUT2D eigenvalue weighted by molar-refractivity contribution is -0.537. The highest BCUT2D eigenvalue weighted by molar-refractivity contribution is 5.99. The number of benzene rings is 1. The number of allylic oxidation sites excluding steroid dienone is 5. The van der Waals surface area contributed by atoms with Crippen LogP contribution in [0.2, 0.25) is 0 Å². The molecule has 1 N–H and O–H groups in total. The highest BCUT2D eigenvalue weighted by Gasteiger charge is 2.43. The predicted octanol–water partition coefficient (Wildman–Crippen LogP) is 6.97. The second-order valence-corrected chi connectivity index (χ2v) is 12.9. The van der Waals surface area contributed by atoms with Crippen molar-refractivity contribution in [2.75, 3.05) is 44.4 Å². The van der Waals surface area contributed by atoms with Gasteiger partial charge < -0.3 is 24.2 Å². The summed E-state index contributed by atoms with van der Waals surface area (Å²) in [6.07, 6.45) is 13.3. The maximum Gasteiger partial charge on any atom is 0.302 e. The van der Waals surface area contributed by atoms with Crippen LogP contribution in [0, 0.1) is 5.92 Å². The second-order valence-electron chi connectivity index (χ2n) is 12.9. The maximum atomic E-state index is 11.6. The van der Waals surface area contributed by atoms with Crippen molar-refractivity contribution in [3.8, 4) is 0 Å². The second kappa shape index (κ2) is 14.3. The van der Waals surface area contributed by atoms with Crippen LogP contribution in [0.4, 0.5) is 5.69 Å². The van der Waals surface area contributed by atoms with E-state index in [4.69, 9.17) is 14.2 Å². The van der Waals surface area contributed by atoms with Crippen LogP contribution in [0.15, 0.2) is 59.0 Å². The van der Waals surface area contributed by atoms with E-state index in [2.05, 4.69) is 59.7 Å². The number of unbranched alkanes of at least 4 members (excludes halogenated alkanes) is 2. The van der Waals surface area contributed by atoms with E-state index in [-0.39, 0.29) is 17.7 Å². The molecule has 0 spiro atoms. The Morgan fingerprint density at radius 2 is 1.91 bits per heavy atom. The summed E-state index contributed by atoms with van der Waals surface area (Å²) in [6, 6.07) is 8.74. The highest BCUT2D eigenvalue weighted by Crippen LogP contribution is 2.51. The Bertz CT molecular complexity index is 1280. The summed E-state index contributed by atoms with van der Waals surface area (Å²) < 4.78 is 19.3.